The van der Waals surface area contributed by atoms with Crippen molar-refractivity contribution >= 4 is 15.9 Å². The Labute approximate surface area is 116 Å². The molecule has 0 saturated carbocycles. The standard InChI is InChI=1S/C12H14FN3O3S/c1-15-6-9-7-16(8-12(9,13)11(15)17)20(18,19)10-3-2-4-14-5-10/h2-5,9H,6-8H2,1H3/t9-,12-/m0/s1. The minimum Gasteiger partial charge on any atom is -0.342 e. The smallest absolute Gasteiger partial charge is 0.261 e. The number of carbonyl (C=O) groups is 1. The molecule has 0 spiro atoms. The molecule has 2 saturated heterocycles. The molecule has 3 rings (SSSR count). The second-order valence-corrected chi connectivity index (χ2v) is 7.17. The fourth-order valence-corrected chi connectivity index (χ4v) is 4.32. The van der Waals surface area contributed by atoms with Crippen molar-refractivity contribution in [2.24, 2.45) is 5.92 Å². The van der Waals surface area contributed by atoms with Crippen molar-refractivity contribution in [3.8, 4) is 0 Å². The summed E-state index contributed by atoms with van der Waals surface area (Å²) in [6, 6.07) is 2.92. The monoisotopic (exact) mass is 299 g/mol. The topological polar surface area (TPSA) is 70.6 Å². The maximum absolute atomic E-state index is 14.7. The molecule has 1 amide bonds. The zero-order chi connectivity index (χ0) is 14.5. The molecule has 6 nitrogen and oxygen atoms in total. The lowest BCUT2D eigenvalue weighted by molar-refractivity contribution is -0.136. The molecule has 0 N–H and O–H groups in total. The van der Waals surface area contributed by atoms with Crippen molar-refractivity contribution < 1.29 is 17.6 Å². The SMILES string of the molecule is CN1C[C@H]2CN(S(=O)(=O)c3cccnc3)C[C@@]2(F)C1=O. The van der Waals surface area contributed by atoms with E-state index in [2.05, 4.69) is 4.98 Å². The minimum atomic E-state index is -3.80. The number of rotatable bonds is 2. The number of pyridine rings is 1. The van der Waals surface area contributed by atoms with E-state index in [1.54, 1.807) is 0 Å². The Balaban J connectivity index is 1.91. The van der Waals surface area contributed by atoms with E-state index in [0.29, 0.717) is 0 Å². The molecule has 8 heteroatoms. The van der Waals surface area contributed by atoms with Gasteiger partial charge in [-0.15, -0.1) is 0 Å². The number of alkyl halides is 1. The molecule has 0 aromatic carbocycles. The van der Waals surface area contributed by atoms with Crippen molar-refractivity contribution in [1.29, 1.82) is 0 Å². The van der Waals surface area contributed by atoms with E-state index < -0.39 is 34.1 Å². The van der Waals surface area contributed by atoms with Gasteiger partial charge in [-0.3, -0.25) is 9.78 Å². The largest absolute Gasteiger partial charge is 0.342 e. The van der Waals surface area contributed by atoms with E-state index in [0.717, 1.165) is 4.31 Å². The molecule has 1 aromatic heterocycles. The van der Waals surface area contributed by atoms with Crippen LogP contribution in [0.3, 0.4) is 0 Å². The van der Waals surface area contributed by atoms with Gasteiger partial charge in [0.25, 0.3) is 5.91 Å². The molecule has 2 fully saturated rings. The maximum atomic E-state index is 14.7. The highest BCUT2D eigenvalue weighted by Crippen LogP contribution is 2.40. The quantitative estimate of drug-likeness (QED) is 0.763. The van der Waals surface area contributed by atoms with Gasteiger partial charge in [0.1, 0.15) is 4.90 Å². The Morgan fingerprint density at radius 2 is 2.20 bits per heavy atom. The fourth-order valence-electron chi connectivity index (χ4n) is 2.85. The van der Waals surface area contributed by atoms with E-state index >= 15 is 0 Å². The average molecular weight is 299 g/mol. The maximum Gasteiger partial charge on any atom is 0.261 e. The molecule has 20 heavy (non-hydrogen) atoms. The summed E-state index contributed by atoms with van der Waals surface area (Å²) in [5.74, 6) is -1.24. The summed E-state index contributed by atoms with van der Waals surface area (Å²) in [5, 5.41) is 0. The third-order valence-corrected chi connectivity index (χ3v) is 5.74. The van der Waals surface area contributed by atoms with Crippen LogP contribution in [0.25, 0.3) is 0 Å². The fraction of sp³-hybridized carbons (Fsp3) is 0.500. The molecular weight excluding hydrogens is 285 g/mol. The first kappa shape index (κ1) is 13.4. The van der Waals surface area contributed by atoms with E-state index in [4.69, 9.17) is 0 Å². The Kier molecular flexibility index (Phi) is 2.84. The summed E-state index contributed by atoms with van der Waals surface area (Å²) in [6.45, 7) is -0.156. The first-order valence-corrected chi connectivity index (χ1v) is 7.64. The van der Waals surface area contributed by atoms with Crippen LogP contribution in [0.15, 0.2) is 29.4 Å². The Bertz CT molecular complexity index is 651. The number of aromatic nitrogens is 1. The lowest BCUT2D eigenvalue weighted by Gasteiger charge is -2.20. The molecule has 1 aromatic rings. The molecular formula is C12H14FN3O3S. The number of likely N-dealkylation sites (tertiary alicyclic amines) is 1. The second kappa shape index (κ2) is 4.23. The molecule has 2 atom stereocenters. The summed E-state index contributed by atoms with van der Waals surface area (Å²) in [4.78, 5) is 16.9. The van der Waals surface area contributed by atoms with Crippen LogP contribution in [0.4, 0.5) is 4.39 Å². The normalized spacial score (nSPS) is 30.8. The number of carbonyl (C=O) groups excluding carboxylic acids is 1. The highest BCUT2D eigenvalue weighted by Gasteiger charge is 2.61. The van der Waals surface area contributed by atoms with Crippen molar-refractivity contribution in [3.05, 3.63) is 24.5 Å². The van der Waals surface area contributed by atoms with Crippen molar-refractivity contribution in [2.75, 3.05) is 26.7 Å². The number of hydrogen-bond donors (Lipinski definition) is 0. The van der Waals surface area contributed by atoms with Gasteiger partial charge in [-0.2, -0.15) is 4.31 Å². The second-order valence-electron chi connectivity index (χ2n) is 5.23. The molecule has 0 aliphatic carbocycles. The summed E-state index contributed by atoms with van der Waals surface area (Å²) in [5.41, 5.74) is -2.09. The average Bonchev–Trinajstić information content (AvgIpc) is 2.86. The van der Waals surface area contributed by atoms with Crippen LogP contribution < -0.4 is 0 Å². The van der Waals surface area contributed by atoms with E-state index in [9.17, 15) is 17.6 Å². The third-order valence-electron chi connectivity index (χ3n) is 3.95. The summed E-state index contributed by atoms with van der Waals surface area (Å²) in [6.07, 6.45) is 2.69. The van der Waals surface area contributed by atoms with Crippen LogP contribution in [0.5, 0.6) is 0 Å². The molecule has 0 unspecified atom stereocenters. The van der Waals surface area contributed by atoms with E-state index in [1.807, 2.05) is 0 Å². The lowest BCUT2D eigenvalue weighted by atomic mass is 9.97. The number of sulfonamides is 1. The van der Waals surface area contributed by atoms with E-state index in [-0.39, 0.29) is 18.0 Å². The number of fused-ring (bicyclic) bond motifs is 1. The van der Waals surface area contributed by atoms with Crippen molar-refractivity contribution in [3.63, 3.8) is 0 Å². The summed E-state index contributed by atoms with van der Waals surface area (Å²) in [7, 11) is -2.27. The zero-order valence-corrected chi connectivity index (χ0v) is 11.7. The van der Waals surface area contributed by atoms with Crippen LogP contribution in [0.2, 0.25) is 0 Å². The summed E-state index contributed by atoms with van der Waals surface area (Å²) < 4.78 is 40.5. The molecule has 0 radical (unpaired) electrons. The van der Waals surface area contributed by atoms with Gasteiger partial charge in [-0.25, -0.2) is 12.8 Å². The Morgan fingerprint density at radius 3 is 2.80 bits per heavy atom. The van der Waals surface area contributed by atoms with Gasteiger partial charge in [0.2, 0.25) is 15.7 Å². The Hall–Kier alpha value is -1.54. The number of nitrogens with zero attached hydrogens (tertiary/aromatic N) is 3. The number of hydrogen-bond acceptors (Lipinski definition) is 4. The molecule has 2 aliphatic heterocycles. The first-order valence-electron chi connectivity index (χ1n) is 6.20. The van der Waals surface area contributed by atoms with Crippen LogP contribution in [0, 0.1) is 5.92 Å². The Morgan fingerprint density at radius 1 is 1.45 bits per heavy atom. The molecule has 2 aliphatic rings. The van der Waals surface area contributed by atoms with Gasteiger partial charge in [-0.1, -0.05) is 0 Å². The zero-order valence-electron chi connectivity index (χ0n) is 10.9. The molecule has 3 heterocycles. The predicted octanol–water partition coefficient (Wildman–Crippen LogP) is -0.118. The van der Waals surface area contributed by atoms with Gasteiger partial charge in [0, 0.05) is 38.4 Å². The summed E-state index contributed by atoms with van der Waals surface area (Å²) >= 11 is 0. The van der Waals surface area contributed by atoms with Crippen molar-refractivity contribution in [1.82, 2.24) is 14.2 Å². The van der Waals surface area contributed by atoms with Crippen LogP contribution in [-0.4, -0.2) is 60.9 Å². The van der Waals surface area contributed by atoms with Gasteiger partial charge < -0.3 is 4.90 Å². The van der Waals surface area contributed by atoms with Gasteiger partial charge in [-0.05, 0) is 12.1 Å². The van der Waals surface area contributed by atoms with Gasteiger partial charge in [0.15, 0.2) is 0 Å². The van der Waals surface area contributed by atoms with Gasteiger partial charge in [0.05, 0.1) is 6.54 Å². The lowest BCUT2D eigenvalue weighted by Crippen LogP contribution is -2.42. The highest BCUT2D eigenvalue weighted by molar-refractivity contribution is 7.89. The van der Waals surface area contributed by atoms with Crippen LogP contribution in [0.1, 0.15) is 0 Å². The predicted molar refractivity (Wildman–Crippen MR) is 68.0 cm³/mol. The van der Waals surface area contributed by atoms with Crippen molar-refractivity contribution in [2.45, 2.75) is 10.6 Å². The van der Waals surface area contributed by atoms with Gasteiger partial charge >= 0.3 is 0 Å². The molecule has 0 bridgehead atoms. The van der Waals surface area contributed by atoms with Crippen LogP contribution in [-0.2, 0) is 14.8 Å². The van der Waals surface area contributed by atoms with E-state index in [1.165, 1.54) is 36.5 Å². The molecule has 108 valence electrons. The van der Waals surface area contributed by atoms with Crippen LogP contribution >= 0.6 is 0 Å². The number of halogens is 1. The first-order chi connectivity index (χ1) is 9.35. The highest BCUT2D eigenvalue weighted by atomic mass is 32.2. The third kappa shape index (κ3) is 1.75. The minimum absolute atomic E-state index is 0.0177. The number of amides is 1.